The summed E-state index contributed by atoms with van der Waals surface area (Å²) in [7, 11) is 0. The Bertz CT molecular complexity index is 611. The van der Waals surface area contributed by atoms with Gasteiger partial charge in [0.15, 0.2) is 11.5 Å². The van der Waals surface area contributed by atoms with Crippen LogP contribution in [0.5, 0.6) is 17.2 Å². The Kier molecular flexibility index (Phi) is 3.75. The number of aliphatic hydroxyl groups excluding tert-OH is 1. The van der Waals surface area contributed by atoms with Crippen molar-refractivity contribution >= 4 is 11.3 Å². The molecule has 5 nitrogen and oxygen atoms in total. The van der Waals surface area contributed by atoms with E-state index in [9.17, 15) is 5.11 Å². The summed E-state index contributed by atoms with van der Waals surface area (Å²) >= 11 is 1.63. The molecule has 0 unspecified atom stereocenters. The molecule has 1 N–H and O–H groups in total. The fraction of sp³-hybridized carbons (Fsp3) is 0.357. The maximum Gasteiger partial charge on any atom is 0.231 e. The van der Waals surface area contributed by atoms with Gasteiger partial charge in [-0.05, 0) is 13.0 Å². The topological polar surface area (TPSA) is 60.8 Å². The lowest BCUT2D eigenvalue weighted by Crippen LogP contribution is -2.03. The maximum atomic E-state index is 9.39. The fourth-order valence-electron chi connectivity index (χ4n) is 2.04. The lowest BCUT2D eigenvalue weighted by Gasteiger charge is -2.11. The Labute approximate surface area is 120 Å². The second kappa shape index (κ2) is 5.68. The molecule has 0 fully saturated rings. The molecule has 0 bridgehead atoms. The highest BCUT2D eigenvalue weighted by molar-refractivity contribution is 7.09. The van der Waals surface area contributed by atoms with Gasteiger partial charge in [-0.3, -0.25) is 0 Å². The fourth-order valence-corrected chi connectivity index (χ4v) is 2.81. The van der Waals surface area contributed by atoms with E-state index in [1.165, 1.54) is 4.88 Å². The second-order valence-corrected chi connectivity index (χ2v) is 5.37. The van der Waals surface area contributed by atoms with Gasteiger partial charge in [0.25, 0.3) is 0 Å². The first-order valence-electron chi connectivity index (χ1n) is 6.33. The number of aryl methyl sites for hydroxylation is 1. The van der Waals surface area contributed by atoms with E-state index >= 15 is 0 Å². The average Bonchev–Trinajstić information content (AvgIpc) is 3.06. The number of aliphatic hydroxyl groups is 1. The SMILES string of the molecule is Cc1ncsc1CCOc1cc2c(cc1CO)OCO2. The summed E-state index contributed by atoms with van der Waals surface area (Å²) in [6, 6.07) is 3.53. The van der Waals surface area contributed by atoms with Crippen molar-refractivity contribution in [1.82, 2.24) is 4.98 Å². The largest absolute Gasteiger partial charge is 0.493 e. The molecule has 2 aromatic rings. The summed E-state index contributed by atoms with van der Waals surface area (Å²) in [5, 5.41) is 9.39. The molecule has 6 heteroatoms. The summed E-state index contributed by atoms with van der Waals surface area (Å²) in [6.45, 7) is 2.65. The molecule has 0 aliphatic carbocycles. The molecule has 1 aliphatic rings. The molecule has 0 amide bonds. The zero-order valence-corrected chi connectivity index (χ0v) is 11.9. The molecule has 0 saturated carbocycles. The number of rotatable bonds is 5. The maximum absolute atomic E-state index is 9.39. The molecule has 3 rings (SSSR count). The van der Waals surface area contributed by atoms with Gasteiger partial charge in [-0.15, -0.1) is 11.3 Å². The van der Waals surface area contributed by atoms with Gasteiger partial charge in [-0.2, -0.15) is 0 Å². The number of fused-ring (bicyclic) bond motifs is 1. The lowest BCUT2D eigenvalue weighted by molar-refractivity contribution is 0.173. The number of thiazole rings is 1. The van der Waals surface area contributed by atoms with Crippen LogP contribution < -0.4 is 14.2 Å². The van der Waals surface area contributed by atoms with Crippen molar-refractivity contribution in [3.8, 4) is 17.2 Å². The Balaban J connectivity index is 1.69. The van der Waals surface area contributed by atoms with Gasteiger partial charge in [-0.25, -0.2) is 4.98 Å². The van der Waals surface area contributed by atoms with Gasteiger partial charge in [0.05, 0.1) is 24.4 Å². The lowest BCUT2D eigenvalue weighted by atomic mass is 10.2. The molecule has 1 aromatic carbocycles. The number of hydrogen-bond donors (Lipinski definition) is 1. The van der Waals surface area contributed by atoms with Gasteiger partial charge in [0.1, 0.15) is 5.75 Å². The van der Waals surface area contributed by atoms with Crippen LogP contribution in [-0.4, -0.2) is 23.5 Å². The Morgan fingerprint density at radius 2 is 2.15 bits per heavy atom. The van der Waals surface area contributed by atoms with Crippen LogP contribution >= 0.6 is 11.3 Å². The number of nitrogens with zero attached hydrogens (tertiary/aromatic N) is 1. The van der Waals surface area contributed by atoms with E-state index in [2.05, 4.69) is 4.98 Å². The van der Waals surface area contributed by atoms with Crippen LogP contribution in [0.25, 0.3) is 0 Å². The minimum Gasteiger partial charge on any atom is -0.493 e. The number of ether oxygens (including phenoxy) is 3. The highest BCUT2D eigenvalue weighted by Gasteiger charge is 2.17. The molecule has 2 heterocycles. The molecular weight excluding hydrogens is 278 g/mol. The standard InChI is InChI=1S/C14H15NO4S/c1-9-14(20-7-15-9)2-3-17-11-5-13-12(18-8-19-13)4-10(11)6-16/h4-5,7,16H,2-3,6,8H2,1H3. The highest BCUT2D eigenvalue weighted by atomic mass is 32.1. The second-order valence-electron chi connectivity index (χ2n) is 4.43. The van der Waals surface area contributed by atoms with Crippen molar-refractivity contribution in [2.75, 3.05) is 13.4 Å². The normalized spacial score (nSPS) is 12.7. The van der Waals surface area contributed by atoms with Crippen molar-refractivity contribution in [2.45, 2.75) is 20.0 Å². The smallest absolute Gasteiger partial charge is 0.231 e. The van der Waals surface area contributed by atoms with E-state index in [0.29, 0.717) is 29.4 Å². The van der Waals surface area contributed by atoms with Crippen molar-refractivity contribution in [3.05, 3.63) is 33.8 Å². The molecular formula is C14H15NO4S. The molecule has 106 valence electrons. The van der Waals surface area contributed by atoms with Gasteiger partial charge in [0.2, 0.25) is 6.79 Å². The highest BCUT2D eigenvalue weighted by Crippen LogP contribution is 2.38. The zero-order chi connectivity index (χ0) is 13.9. The van der Waals surface area contributed by atoms with Gasteiger partial charge >= 0.3 is 0 Å². The third kappa shape index (κ3) is 2.57. The zero-order valence-electron chi connectivity index (χ0n) is 11.1. The third-order valence-corrected chi connectivity index (χ3v) is 4.15. The van der Waals surface area contributed by atoms with E-state index < -0.39 is 0 Å². The molecule has 1 aromatic heterocycles. The van der Waals surface area contributed by atoms with Crippen LogP contribution in [-0.2, 0) is 13.0 Å². The van der Waals surface area contributed by atoms with Gasteiger partial charge in [0, 0.05) is 22.9 Å². The first kappa shape index (κ1) is 13.2. The summed E-state index contributed by atoms with van der Waals surface area (Å²) in [5.74, 6) is 1.95. The van der Waals surface area contributed by atoms with Crippen LogP contribution in [0.1, 0.15) is 16.1 Å². The summed E-state index contributed by atoms with van der Waals surface area (Å²) < 4.78 is 16.4. The predicted molar refractivity (Wildman–Crippen MR) is 74.5 cm³/mol. The van der Waals surface area contributed by atoms with E-state index in [1.54, 1.807) is 23.5 Å². The summed E-state index contributed by atoms with van der Waals surface area (Å²) in [5.41, 5.74) is 3.59. The number of aromatic nitrogens is 1. The number of hydrogen-bond acceptors (Lipinski definition) is 6. The monoisotopic (exact) mass is 293 g/mol. The van der Waals surface area contributed by atoms with Crippen molar-refractivity contribution in [1.29, 1.82) is 0 Å². The minimum absolute atomic E-state index is 0.0917. The molecule has 0 atom stereocenters. The molecule has 0 spiro atoms. The first-order valence-corrected chi connectivity index (χ1v) is 7.21. The van der Waals surface area contributed by atoms with Crippen LogP contribution in [0, 0.1) is 6.92 Å². The Hall–Kier alpha value is -1.79. The van der Waals surface area contributed by atoms with Crippen LogP contribution in [0.2, 0.25) is 0 Å². The van der Waals surface area contributed by atoms with Gasteiger partial charge in [-0.1, -0.05) is 0 Å². The third-order valence-electron chi connectivity index (χ3n) is 3.16. The average molecular weight is 293 g/mol. The van der Waals surface area contributed by atoms with E-state index in [1.807, 2.05) is 12.4 Å². The van der Waals surface area contributed by atoms with Crippen LogP contribution in [0.15, 0.2) is 17.6 Å². The summed E-state index contributed by atoms with van der Waals surface area (Å²) in [6.07, 6.45) is 0.801. The van der Waals surface area contributed by atoms with E-state index in [4.69, 9.17) is 14.2 Å². The molecule has 0 radical (unpaired) electrons. The van der Waals surface area contributed by atoms with Crippen molar-refractivity contribution in [2.24, 2.45) is 0 Å². The van der Waals surface area contributed by atoms with Crippen molar-refractivity contribution in [3.63, 3.8) is 0 Å². The van der Waals surface area contributed by atoms with E-state index in [0.717, 1.165) is 12.1 Å². The summed E-state index contributed by atoms with van der Waals surface area (Å²) in [4.78, 5) is 5.43. The molecule has 0 saturated heterocycles. The minimum atomic E-state index is -0.0917. The predicted octanol–water partition coefficient (Wildman–Crippen LogP) is 2.29. The first-order chi connectivity index (χ1) is 9.78. The Morgan fingerprint density at radius 1 is 1.35 bits per heavy atom. The van der Waals surface area contributed by atoms with E-state index in [-0.39, 0.29) is 13.4 Å². The quantitative estimate of drug-likeness (QED) is 0.916. The molecule has 1 aliphatic heterocycles. The Morgan fingerprint density at radius 3 is 2.85 bits per heavy atom. The van der Waals surface area contributed by atoms with Crippen molar-refractivity contribution < 1.29 is 19.3 Å². The number of benzene rings is 1. The van der Waals surface area contributed by atoms with Crippen LogP contribution in [0.4, 0.5) is 0 Å². The van der Waals surface area contributed by atoms with Gasteiger partial charge < -0.3 is 19.3 Å². The van der Waals surface area contributed by atoms with Crippen LogP contribution in [0.3, 0.4) is 0 Å². The molecule has 20 heavy (non-hydrogen) atoms.